The zero-order chi connectivity index (χ0) is 15.4. The summed E-state index contributed by atoms with van der Waals surface area (Å²) in [5.41, 5.74) is 9.23. The molecule has 1 aromatic heterocycles. The van der Waals surface area contributed by atoms with Gasteiger partial charge in [-0.25, -0.2) is 0 Å². The van der Waals surface area contributed by atoms with E-state index in [9.17, 15) is 0 Å². The van der Waals surface area contributed by atoms with Gasteiger partial charge in [0.2, 0.25) is 0 Å². The summed E-state index contributed by atoms with van der Waals surface area (Å²) in [5, 5.41) is 4.48. The van der Waals surface area contributed by atoms with E-state index in [0.29, 0.717) is 6.61 Å². The van der Waals surface area contributed by atoms with Gasteiger partial charge in [-0.3, -0.25) is 4.68 Å². The summed E-state index contributed by atoms with van der Waals surface area (Å²) < 4.78 is 8.99. The first-order chi connectivity index (χ1) is 10.1. The van der Waals surface area contributed by atoms with E-state index in [-0.39, 0.29) is 6.04 Å². The molecule has 0 bridgehead atoms. The van der Waals surface area contributed by atoms with Crippen molar-refractivity contribution in [2.45, 2.75) is 46.4 Å². The van der Waals surface area contributed by atoms with Crippen LogP contribution in [0.5, 0.6) is 5.75 Å². The molecule has 1 atom stereocenters. The molecule has 2 rings (SSSR count). The van der Waals surface area contributed by atoms with Crippen molar-refractivity contribution in [2.24, 2.45) is 5.73 Å². The number of ether oxygens (including phenoxy) is 1. The fraction of sp³-hybridized carbons (Fsp3) is 0.438. The van der Waals surface area contributed by atoms with Crippen molar-refractivity contribution in [1.29, 1.82) is 0 Å². The van der Waals surface area contributed by atoms with Crippen LogP contribution in [0.25, 0.3) is 0 Å². The Morgan fingerprint density at radius 2 is 2.05 bits per heavy atom. The van der Waals surface area contributed by atoms with Crippen LogP contribution < -0.4 is 10.5 Å². The summed E-state index contributed by atoms with van der Waals surface area (Å²) in [6, 6.07) is 7.97. The van der Waals surface area contributed by atoms with E-state index in [4.69, 9.17) is 10.5 Å². The Balaban J connectivity index is 2.21. The maximum atomic E-state index is 6.15. The zero-order valence-electron chi connectivity index (χ0n) is 12.8. The molecular weight excluding hydrogens is 330 g/mol. The second kappa shape index (κ2) is 7.09. The number of hydrogen-bond donors (Lipinski definition) is 1. The molecule has 0 fully saturated rings. The minimum Gasteiger partial charge on any atom is -0.487 e. The molecule has 0 saturated heterocycles. The molecule has 0 aliphatic heterocycles. The Morgan fingerprint density at radius 3 is 2.71 bits per heavy atom. The Hall–Kier alpha value is -1.33. The molecule has 0 spiro atoms. The summed E-state index contributed by atoms with van der Waals surface area (Å²) in [6.45, 7) is 7.43. The number of para-hydroxylation sites is 1. The number of aryl methyl sites for hydroxylation is 2. The number of nitrogens with two attached hydrogens (primary N) is 1. The third-order valence-electron chi connectivity index (χ3n) is 3.58. The highest BCUT2D eigenvalue weighted by atomic mass is 79.9. The van der Waals surface area contributed by atoms with E-state index >= 15 is 0 Å². The third-order valence-corrected chi connectivity index (χ3v) is 4.61. The van der Waals surface area contributed by atoms with Gasteiger partial charge in [-0.1, -0.05) is 25.1 Å². The van der Waals surface area contributed by atoms with Crippen molar-refractivity contribution < 1.29 is 4.74 Å². The Kier molecular flexibility index (Phi) is 5.42. The molecule has 0 amide bonds. The van der Waals surface area contributed by atoms with Gasteiger partial charge >= 0.3 is 0 Å². The fourth-order valence-corrected chi connectivity index (χ4v) is 2.69. The average Bonchev–Trinajstić information content (AvgIpc) is 2.79. The lowest BCUT2D eigenvalue weighted by Crippen LogP contribution is -2.12. The van der Waals surface area contributed by atoms with Crippen LogP contribution in [0.3, 0.4) is 0 Å². The number of halogens is 1. The number of hydrogen-bond acceptors (Lipinski definition) is 3. The summed E-state index contributed by atoms with van der Waals surface area (Å²) in [4.78, 5) is 0. The summed E-state index contributed by atoms with van der Waals surface area (Å²) in [7, 11) is 0. The first kappa shape index (κ1) is 16.0. The van der Waals surface area contributed by atoms with Gasteiger partial charge in [0, 0.05) is 18.2 Å². The standard InChI is InChI=1S/C16H22BrN3O/c1-4-13(18)12-8-6-7-9-15(12)21-10-14-16(17)11(3)19-20(14)5-2/h6-9,13H,4-5,10,18H2,1-3H3. The Morgan fingerprint density at radius 1 is 1.33 bits per heavy atom. The average molecular weight is 352 g/mol. The summed E-state index contributed by atoms with van der Waals surface area (Å²) in [6.07, 6.45) is 0.885. The predicted octanol–water partition coefficient (Wildman–Crippen LogP) is 3.96. The SMILES string of the molecule is CCC(N)c1ccccc1OCc1c(Br)c(C)nn1CC. The minimum atomic E-state index is 0.00228. The van der Waals surface area contributed by atoms with Crippen molar-refractivity contribution in [3.63, 3.8) is 0 Å². The molecule has 114 valence electrons. The van der Waals surface area contributed by atoms with Crippen LogP contribution >= 0.6 is 15.9 Å². The van der Waals surface area contributed by atoms with E-state index < -0.39 is 0 Å². The first-order valence-electron chi connectivity index (χ1n) is 7.27. The maximum Gasteiger partial charge on any atom is 0.131 e. The third kappa shape index (κ3) is 3.47. The van der Waals surface area contributed by atoms with Gasteiger partial charge in [-0.05, 0) is 42.3 Å². The molecule has 2 N–H and O–H groups in total. The normalized spacial score (nSPS) is 12.4. The number of benzene rings is 1. The summed E-state index contributed by atoms with van der Waals surface area (Å²) in [5.74, 6) is 0.847. The Bertz CT molecular complexity index is 610. The summed E-state index contributed by atoms with van der Waals surface area (Å²) >= 11 is 3.59. The second-order valence-corrected chi connectivity index (χ2v) is 5.80. The predicted molar refractivity (Wildman–Crippen MR) is 88.3 cm³/mol. The minimum absolute atomic E-state index is 0.00228. The molecule has 0 aliphatic carbocycles. The van der Waals surface area contributed by atoms with Crippen LogP contribution in [-0.4, -0.2) is 9.78 Å². The topological polar surface area (TPSA) is 53.1 Å². The molecule has 0 saturated carbocycles. The molecule has 1 aromatic carbocycles. The van der Waals surface area contributed by atoms with Crippen LogP contribution in [0.4, 0.5) is 0 Å². The monoisotopic (exact) mass is 351 g/mol. The smallest absolute Gasteiger partial charge is 0.131 e. The number of nitrogens with zero attached hydrogens (tertiary/aromatic N) is 2. The van der Waals surface area contributed by atoms with Crippen molar-refractivity contribution >= 4 is 15.9 Å². The van der Waals surface area contributed by atoms with Crippen LogP contribution in [0.15, 0.2) is 28.7 Å². The molecule has 1 heterocycles. The van der Waals surface area contributed by atoms with Crippen LogP contribution in [0.2, 0.25) is 0 Å². The lowest BCUT2D eigenvalue weighted by molar-refractivity contribution is 0.287. The largest absolute Gasteiger partial charge is 0.487 e. The van der Waals surface area contributed by atoms with E-state index in [1.165, 1.54) is 0 Å². The fourth-order valence-electron chi connectivity index (χ4n) is 2.29. The van der Waals surface area contributed by atoms with Gasteiger partial charge in [-0.2, -0.15) is 5.10 Å². The first-order valence-corrected chi connectivity index (χ1v) is 8.06. The lowest BCUT2D eigenvalue weighted by Gasteiger charge is -2.16. The zero-order valence-corrected chi connectivity index (χ0v) is 14.4. The van der Waals surface area contributed by atoms with Crippen molar-refractivity contribution in [2.75, 3.05) is 0 Å². The molecule has 2 aromatic rings. The van der Waals surface area contributed by atoms with E-state index in [0.717, 1.165) is 40.1 Å². The quantitative estimate of drug-likeness (QED) is 0.856. The molecule has 1 unspecified atom stereocenters. The highest BCUT2D eigenvalue weighted by Gasteiger charge is 2.15. The molecule has 0 radical (unpaired) electrons. The number of rotatable bonds is 6. The van der Waals surface area contributed by atoms with Crippen LogP contribution in [-0.2, 0) is 13.2 Å². The van der Waals surface area contributed by atoms with Crippen molar-refractivity contribution in [1.82, 2.24) is 9.78 Å². The van der Waals surface area contributed by atoms with Gasteiger partial charge in [0.1, 0.15) is 12.4 Å². The van der Waals surface area contributed by atoms with E-state index in [1.54, 1.807) is 0 Å². The lowest BCUT2D eigenvalue weighted by atomic mass is 10.0. The highest BCUT2D eigenvalue weighted by molar-refractivity contribution is 9.10. The molecule has 4 nitrogen and oxygen atoms in total. The highest BCUT2D eigenvalue weighted by Crippen LogP contribution is 2.28. The molecule has 0 aliphatic rings. The van der Waals surface area contributed by atoms with Crippen molar-refractivity contribution in [3.05, 3.63) is 45.7 Å². The van der Waals surface area contributed by atoms with Gasteiger partial charge < -0.3 is 10.5 Å². The maximum absolute atomic E-state index is 6.15. The molecule has 21 heavy (non-hydrogen) atoms. The second-order valence-electron chi connectivity index (χ2n) is 5.00. The van der Waals surface area contributed by atoms with Gasteiger partial charge in [0.15, 0.2) is 0 Å². The van der Waals surface area contributed by atoms with Gasteiger partial charge in [-0.15, -0.1) is 0 Å². The van der Waals surface area contributed by atoms with E-state index in [1.807, 2.05) is 35.9 Å². The van der Waals surface area contributed by atoms with Gasteiger partial charge in [0.05, 0.1) is 15.9 Å². The van der Waals surface area contributed by atoms with Crippen LogP contribution in [0, 0.1) is 6.92 Å². The molecule has 5 heteroatoms. The van der Waals surface area contributed by atoms with E-state index in [2.05, 4.69) is 34.9 Å². The number of aromatic nitrogens is 2. The van der Waals surface area contributed by atoms with Crippen LogP contribution in [0.1, 0.15) is 43.3 Å². The Labute approximate surface area is 134 Å². The van der Waals surface area contributed by atoms with Gasteiger partial charge in [0.25, 0.3) is 0 Å². The van der Waals surface area contributed by atoms with Crippen molar-refractivity contribution in [3.8, 4) is 5.75 Å². The molecular formula is C16H22BrN3O.